The van der Waals surface area contributed by atoms with Gasteiger partial charge in [0.05, 0.1) is 5.41 Å². The zero-order chi connectivity index (χ0) is 14.8. The largest absolute Gasteiger partial charge is 0.341 e. The predicted molar refractivity (Wildman–Crippen MR) is 84.9 cm³/mol. The van der Waals surface area contributed by atoms with Gasteiger partial charge in [0.25, 0.3) is 0 Å². The number of hydrogen-bond donors (Lipinski definition) is 0. The van der Waals surface area contributed by atoms with E-state index in [0.717, 1.165) is 5.56 Å². The normalized spacial score (nSPS) is 11.6. The van der Waals surface area contributed by atoms with Crippen molar-refractivity contribution in [1.29, 1.82) is 0 Å². The summed E-state index contributed by atoms with van der Waals surface area (Å²) in [6, 6.07) is 14.4. The van der Waals surface area contributed by atoms with E-state index in [0.29, 0.717) is 12.4 Å². The van der Waals surface area contributed by atoms with Gasteiger partial charge in [0.1, 0.15) is 0 Å². The molecule has 0 aromatic heterocycles. The van der Waals surface area contributed by atoms with Crippen LogP contribution in [0.3, 0.4) is 0 Å². The van der Waals surface area contributed by atoms with Gasteiger partial charge in [-0.2, -0.15) is 0 Å². The summed E-state index contributed by atoms with van der Waals surface area (Å²) in [6.07, 6.45) is 0. The quantitative estimate of drug-likeness (QED) is 0.777. The molecule has 0 heterocycles. The lowest BCUT2D eigenvalue weighted by Gasteiger charge is -2.28. The van der Waals surface area contributed by atoms with E-state index in [4.69, 9.17) is 11.6 Å². The van der Waals surface area contributed by atoms with Crippen molar-refractivity contribution in [2.24, 2.45) is 5.41 Å². The monoisotopic (exact) mass is 289 g/mol. The van der Waals surface area contributed by atoms with E-state index in [1.54, 1.807) is 4.90 Å². The summed E-state index contributed by atoms with van der Waals surface area (Å²) in [5.74, 6) is 0.395. The van der Waals surface area contributed by atoms with Crippen molar-refractivity contribution >= 4 is 28.3 Å². The standard InChI is InChI=1S/C17H20ClNO/c1-17(2,12-18)16(20)19(3)11-14-9-6-8-13-7-4-5-10-15(13)14/h4-10H,11-12H2,1-3H3. The topological polar surface area (TPSA) is 20.3 Å². The SMILES string of the molecule is CN(Cc1cccc2ccccc12)C(=O)C(C)(C)CCl. The van der Waals surface area contributed by atoms with Crippen molar-refractivity contribution in [2.45, 2.75) is 20.4 Å². The van der Waals surface area contributed by atoms with Crippen LogP contribution in [0.15, 0.2) is 42.5 Å². The average Bonchev–Trinajstić information content (AvgIpc) is 2.46. The number of carbonyl (C=O) groups is 1. The molecule has 0 aliphatic rings. The summed E-state index contributed by atoms with van der Waals surface area (Å²) in [7, 11) is 1.83. The first kappa shape index (κ1) is 14.9. The van der Waals surface area contributed by atoms with E-state index in [1.807, 2.05) is 39.1 Å². The fourth-order valence-electron chi connectivity index (χ4n) is 2.33. The maximum Gasteiger partial charge on any atom is 0.229 e. The van der Waals surface area contributed by atoms with Crippen LogP contribution in [-0.2, 0) is 11.3 Å². The molecule has 0 spiro atoms. The highest BCUT2D eigenvalue weighted by molar-refractivity contribution is 6.19. The van der Waals surface area contributed by atoms with E-state index >= 15 is 0 Å². The molecule has 0 N–H and O–H groups in total. The molecule has 0 atom stereocenters. The third-order valence-electron chi connectivity index (χ3n) is 3.55. The van der Waals surface area contributed by atoms with Gasteiger partial charge in [-0.1, -0.05) is 42.5 Å². The Bertz CT molecular complexity index is 616. The fraction of sp³-hybridized carbons (Fsp3) is 0.353. The van der Waals surface area contributed by atoms with Crippen LogP contribution in [0.25, 0.3) is 10.8 Å². The van der Waals surface area contributed by atoms with Crippen molar-refractivity contribution in [1.82, 2.24) is 4.90 Å². The van der Waals surface area contributed by atoms with Gasteiger partial charge >= 0.3 is 0 Å². The molecule has 0 bridgehead atoms. The Labute approximate surface area is 125 Å². The average molecular weight is 290 g/mol. The summed E-state index contributed by atoms with van der Waals surface area (Å²) < 4.78 is 0. The molecular weight excluding hydrogens is 270 g/mol. The molecule has 0 saturated carbocycles. The second-order valence-corrected chi connectivity index (χ2v) is 6.08. The lowest BCUT2D eigenvalue weighted by Crippen LogP contribution is -2.39. The molecule has 2 aromatic carbocycles. The van der Waals surface area contributed by atoms with Gasteiger partial charge in [0.2, 0.25) is 5.91 Å². The molecule has 106 valence electrons. The number of halogens is 1. The highest BCUT2D eigenvalue weighted by Gasteiger charge is 2.29. The van der Waals surface area contributed by atoms with Gasteiger partial charge < -0.3 is 4.90 Å². The minimum Gasteiger partial charge on any atom is -0.341 e. The minimum atomic E-state index is -0.527. The second-order valence-electron chi connectivity index (χ2n) is 5.82. The highest BCUT2D eigenvalue weighted by atomic mass is 35.5. The Balaban J connectivity index is 2.27. The van der Waals surface area contributed by atoms with Crippen LogP contribution >= 0.6 is 11.6 Å². The van der Waals surface area contributed by atoms with E-state index in [2.05, 4.69) is 24.3 Å². The molecule has 0 aliphatic heterocycles. The number of fused-ring (bicyclic) bond motifs is 1. The molecule has 20 heavy (non-hydrogen) atoms. The third-order valence-corrected chi connectivity index (χ3v) is 4.22. The van der Waals surface area contributed by atoms with Gasteiger partial charge in [-0.15, -0.1) is 11.6 Å². The summed E-state index contributed by atoms with van der Waals surface area (Å²) >= 11 is 5.88. The number of amides is 1. The zero-order valence-electron chi connectivity index (χ0n) is 12.2. The Hall–Kier alpha value is -1.54. The first-order chi connectivity index (χ1) is 9.45. The van der Waals surface area contributed by atoms with Crippen LogP contribution < -0.4 is 0 Å². The maximum absolute atomic E-state index is 12.4. The van der Waals surface area contributed by atoms with Gasteiger partial charge in [-0.05, 0) is 30.2 Å². The molecule has 0 aliphatic carbocycles. The molecule has 0 radical (unpaired) electrons. The fourth-order valence-corrected chi connectivity index (χ4v) is 2.45. The smallest absolute Gasteiger partial charge is 0.229 e. The van der Waals surface area contributed by atoms with E-state index in [-0.39, 0.29) is 5.91 Å². The lowest BCUT2D eigenvalue weighted by atomic mass is 9.94. The van der Waals surface area contributed by atoms with Crippen LogP contribution in [0, 0.1) is 5.41 Å². The lowest BCUT2D eigenvalue weighted by molar-refractivity contribution is -0.138. The van der Waals surface area contributed by atoms with E-state index in [9.17, 15) is 4.79 Å². The van der Waals surface area contributed by atoms with Crippen molar-refractivity contribution in [3.63, 3.8) is 0 Å². The van der Waals surface area contributed by atoms with Crippen molar-refractivity contribution in [3.05, 3.63) is 48.0 Å². The number of carbonyl (C=O) groups excluding carboxylic acids is 1. The van der Waals surface area contributed by atoms with Gasteiger partial charge in [-0.3, -0.25) is 4.79 Å². The predicted octanol–water partition coefficient (Wildman–Crippen LogP) is 4.06. The van der Waals surface area contributed by atoms with Crippen LogP contribution in [0.5, 0.6) is 0 Å². The van der Waals surface area contributed by atoms with Crippen LogP contribution in [0.4, 0.5) is 0 Å². The molecule has 2 rings (SSSR count). The van der Waals surface area contributed by atoms with Crippen molar-refractivity contribution < 1.29 is 4.79 Å². The summed E-state index contributed by atoms with van der Waals surface area (Å²) in [4.78, 5) is 14.1. The molecular formula is C17H20ClNO. The van der Waals surface area contributed by atoms with Crippen LogP contribution in [-0.4, -0.2) is 23.7 Å². The van der Waals surface area contributed by atoms with Crippen molar-refractivity contribution in [2.75, 3.05) is 12.9 Å². The molecule has 3 heteroatoms. The molecule has 1 amide bonds. The molecule has 0 unspecified atom stereocenters. The molecule has 0 fully saturated rings. The minimum absolute atomic E-state index is 0.0698. The number of alkyl halides is 1. The first-order valence-corrected chi connectivity index (χ1v) is 7.27. The maximum atomic E-state index is 12.4. The van der Waals surface area contributed by atoms with Crippen LogP contribution in [0.1, 0.15) is 19.4 Å². The second kappa shape index (κ2) is 5.84. The number of hydrogen-bond acceptors (Lipinski definition) is 1. The number of nitrogens with zero attached hydrogens (tertiary/aromatic N) is 1. The summed E-state index contributed by atoms with van der Waals surface area (Å²) in [5, 5.41) is 2.39. The van der Waals surface area contributed by atoms with E-state index < -0.39 is 5.41 Å². The molecule has 0 saturated heterocycles. The Morgan fingerprint density at radius 3 is 2.50 bits per heavy atom. The van der Waals surface area contributed by atoms with E-state index in [1.165, 1.54) is 10.8 Å². The van der Waals surface area contributed by atoms with Crippen molar-refractivity contribution in [3.8, 4) is 0 Å². The molecule has 2 nitrogen and oxygen atoms in total. The first-order valence-electron chi connectivity index (χ1n) is 6.74. The number of rotatable bonds is 4. The van der Waals surface area contributed by atoms with Gasteiger partial charge in [-0.25, -0.2) is 0 Å². The zero-order valence-corrected chi connectivity index (χ0v) is 12.9. The summed E-state index contributed by atoms with van der Waals surface area (Å²) in [5.41, 5.74) is 0.630. The summed E-state index contributed by atoms with van der Waals surface area (Å²) in [6.45, 7) is 4.35. The highest BCUT2D eigenvalue weighted by Crippen LogP contribution is 2.23. The molecule has 2 aromatic rings. The Morgan fingerprint density at radius 1 is 1.15 bits per heavy atom. The Morgan fingerprint density at radius 2 is 1.80 bits per heavy atom. The van der Waals surface area contributed by atoms with Gasteiger partial charge in [0.15, 0.2) is 0 Å². The third kappa shape index (κ3) is 2.96. The van der Waals surface area contributed by atoms with Gasteiger partial charge in [0, 0.05) is 19.5 Å². The van der Waals surface area contributed by atoms with Crippen LogP contribution in [0.2, 0.25) is 0 Å². The Kier molecular flexibility index (Phi) is 4.34. The number of benzene rings is 2.